The average Bonchev–Trinajstić information content (AvgIpc) is 2.15. The zero-order chi connectivity index (χ0) is 11.4. The highest BCUT2D eigenvalue weighted by molar-refractivity contribution is 6.76. The maximum atomic E-state index is 6.00. The van der Waals surface area contributed by atoms with Gasteiger partial charge >= 0.3 is 0 Å². The van der Waals surface area contributed by atoms with Gasteiger partial charge in [-0.05, 0) is 38.3 Å². The van der Waals surface area contributed by atoms with Crippen LogP contribution in [0.5, 0.6) is 0 Å². The Kier molecular flexibility index (Phi) is 4.98. The predicted octanol–water partition coefficient (Wildman–Crippen LogP) is 2.03. The molecule has 1 heterocycles. The Hall–Kier alpha value is 0.314. The van der Waals surface area contributed by atoms with Crippen LogP contribution in [0.2, 0.25) is 38.3 Å². The van der Waals surface area contributed by atoms with E-state index >= 15 is 0 Å². The van der Waals surface area contributed by atoms with Crippen molar-refractivity contribution in [1.29, 1.82) is 0 Å². The van der Waals surface area contributed by atoms with Gasteiger partial charge in [-0.1, -0.05) is 0 Å². The maximum Gasteiger partial charge on any atom is 0.186 e. The Bertz CT molecular complexity index is 178. The van der Waals surface area contributed by atoms with Crippen molar-refractivity contribution < 1.29 is 8.85 Å². The first-order chi connectivity index (χ1) is 6.91. The van der Waals surface area contributed by atoms with Gasteiger partial charge in [0.1, 0.15) is 0 Å². The molecule has 0 amide bonds. The molecule has 0 radical (unpaired) electrons. The third kappa shape index (κ3) is 5.82. The minimum atomic E-state index is -1.42. The summed E-state index contributed by atoms with van der Waals surface area (Å²) >= 11 is 0. The topological polar surface area (TPSA) is 30.5 Å². The number of nitrogens with one attached hydrogen (secondary N) is 1. The lowest BCUT2D eigenvalue weighted by Crippen LogP contribution is -2.37. The largest absolute Gasteiger partial charge is 0.416 e. The van der Waals surface area contributed by atoms with Crippen molar-refractivity contribution in [3.05, 3.63) is 0 Å². The first-order valence-electron chi connectivity index (χ1n) is 5.90. The Morgan fingerprint density at radius 2 is 1.20 bits per heavy atom. The molecular weight excluding hydrogens is 222 g/mol. The van der Waals surface area contributed by atoms with Crippen molar-refractivity contribution in [3.8, 4) is 0 Å². The molecule has 0 aromatic heterocycles. The summed E-state index contributed by atoms with van der Waals surface area (Å²) in [5.74, 6) is 0. The molecule has 15 heavy (non-hydrogen) atoms. The van der Waals surface area contributed by atoms with Gasteiger partial charge in [-0.3, -0.25) is 0 Å². The van der Waals surface area contributed by atoms with Crippen molar-refractivity contribution in [3.63, 3.8) is 0 Å². The van der Waals surface area contributed by atoms with E-state index in [2.05, 4.69) is 31.5 Å². The zero-order valence-electron chi connectivity index (χ0n) is 10.6. The summed E-state index contributed by atoms with van der Waals surface area (Å²) in [6.07, 6.45) is 0. The normalized spacial score (nSPS) is 28.0. The van der Waals surface area contributed by atoms with E-state index in [1.165, 1.54) is 12.1 Å². The van der Waals surface area contributed by atoms with Crippen LogP contribution in [0.25, 0.3) is 0 Å². The van der Waals surface area contributed by atoms with Crippen LogP contribution < -0.4 is 5.32 Å². The van der Waals surface area contributed by atoms with Gasteiger partial charge in [-0.25, -0.2) is 0 Å². The summed E-state index contributed by atoms with van der Waals surface area (Å²) in [6, 6.07) is 2.48. The summed E-state index contributed by atoms with van der Waals surface area (Å²) in [5, 5.41) is 3.35. The molecule has 90 valence electrons. The van der Waals surface area contributed by atoms with Gasteiger partial charge < -0.3 is 14.2 Å². The molecule has 1 aliphatic rings. The van der Waals surface area contributed by atoms with Crippen molar-refractivity contribution in [2.75, 3.05) is 26.3 Å². The van der Waals surface area contributed by atoms with Crippen LogP contribution in [0.1, 0.15) is 0 Å². The molecule has 0 unspecified atom stereocenters. The van der Waals surface area contributed by atoms with E-state index in [0.29, 0.717) is 0 Å². The molecule has 1 fully saturated rings. The number of rotatable bonds is 0. The Balaban J connectivity index is 2.50. The Labute approximate surface area is 95.8 Å². The molecule has 1 saturated heterocycles. The highest BCUT2D eigenvalue weighted by Gasteiger charge is 2.29. The smallest absolute Gasteiger partial charge is 0.186 e. The SMILES string of the molecule is C[Si]1(C)CC[Si](C)(C)OCCNCCO1. The highest BCUT2D eigenvalue weighted by Crippen LogP contribution is 2.22. The molecule has 3 nitrogen and oxygen atoms in total. The van der Waals surface area contributed by atoms with Crippen LogP contribution in [0.3, 0.4) is 0 Å². The van der Waals surface area contributed by atoms with Crippen LogP contribution in [0.4, 0.5) is 0 Å². The van der Waals surface area contributed by atoms with Crippen molar-refractivity contribution in [2.24, 2.45) is 0 Å². The second-order valence-corrected chi connectivity index (χ2v) is 14.1. The van der Waals surface area contributed by atoms with Crippen molar-refractivity contribution >= 4 is 16.6 Å². The predicted molar refractivity (Wildman–Crippen MR) is 69.4 cm³/mol. The molecule has 1 aliphatic heterocycles. The van der Waals surface area contributed by atoms with E-state index in [4.69, 9.17) is 8.85 Å². The standard InChI is InChI=1S/C10H25NO2Si2/c1-14(2)9-10-15(3,4)13-8-6-11-5-7-12-14/h11H,5-10H2,1-4H3. The maximum absolute atomic E-state index is 6.00. The lowest BCUT2D eigenvalue weighted by molar-refractivity contribution is 0.287. The summed E-state index contributed by atoms with van der Waals surface area (Å²) in [7, 11) is -2.85. The van der Waals surface area contributed by atoms with Gasteiger partial charge in [0, 0.05) is 26.3 Å². The van der Waals surface area contributed by atoms with Crippen LogP contribution in [-0.4, -0.2) is 42.9 Å². The number of hydrogen-bond acceptors (Lipinski definition) is 3. The highest BCUT2D eigenvalue weighted by atomic mass is 28.4. The molecule has 1 N–H and O–H groups in total. The summed E-state index contributed by atoms with van der Waals surface area (Å²) in [5.41, 5.74) is 0. The lowest BCUT2D eigenvalue weighted by atomic mass is 10.6. The van der Waals surface area contributed by atoms with Crippen LogP contribution in [0, 0.1) is 0 Å². The van der Waals surface area contributed by atoms with Gasteiger partial charge in [0.2, 0.25) is 0 Å². The minimum absolute atomic E-state index is 0.862. The number of hydrogen-bond donors (Lipinski definition) is 1. The molecular formula is C10H25NO2Si2. The van der Waals surface area contributed by atoms with Crippen LogP contribution >= 0.6 is 0 Å². The van der Waals surface area contributed by atoms with Gasteiger partial charge in [0.05, 0.1) is 0 Å². The van der Waals surface area contributed by atoms with Crippen LogP contribution in [-0.2, 0) is 8.85 Å². The average molecular weight is 247 g/mol. The van der Waals surface area contributed by atoms with E-state index < -0.39 is 16.6 Å². The van der Waals surface area contributed by atoms with E-state index in [0.717, 1.165) is 26.3 Å². The summed E-state index contributed by atoms with van der Waals surface area (Å²) in [4.78, 5) is 0. The zero-order valence-corrected chi connectivity index (χ0v) is 12.6. The molecule has 1 rings (SSSR count). The first kappa shape index (κ1) is 13.4. The third-order valence-electron chi connectivity index (χ3n) is 2.87. The Morgan fingerprint density at radius 1 is 0.800 bits per heavy atom. The van der Waals surface area contributed by atoms with Gasteiger partial charge in [0.15, 0.2) is 16.6 Å². The van der Waals surface area contributed by atoms with Gasteiger partial charge in [-0.2, -0.15) is 0 Å². The Morgan fingerprint density at radius 3 is 1.60 bits per heavy atom. The molecule has 0 saturated carbocycles. The quantitative estimate of drug-likeness (QED) is 0.665. The van der Waals surface area contributed by atoms with Crippen molar-refractivity contribution in [1.82, 2.24) is 5.32 Å². The molecule has 0 bridgehead atoms. The van der Waals surface area contributed by atoms with Crippen molar-refractivity contribution in [2.45, 2.75) is 38.3 Å². The monoisotopic (exact) mass is 247 g/mol. The molecule has 0 aliphatic carbocycles. The summed E-state index contributed by atoms with van der Waals surface area (Å²) in [6.45, 7) is 12.9. The minimum Gasteiger partial charge on any atom is -0.416 e. The van der Waals surface area contributed by atoms with E-state index in [1.807, 2.05) is 0 Å². The molecule has 0 spiro atoms. The lowest BCUT2D eigenvalue weighted by Gasteiger charge is -2.27. The second-order valence-electron chi connectivity index (χ2n) is 5.47. The van der Waals surface area contributed by atoms with Gasteiger partial charge in [0.25, 0.3) is 0 Å². The summed E-state index contributed by atoms with van der Waals surface area (Å²) < 4.78 is 12.0. The molecule has 5 heteroatoms. The third-order valence-corrected chi connectivity index (χ3v) is 8.25. The first-order valence-corrected chi connectivity index (χ1v) is 12.1. The van der Waals surface area contributed by atoms with E-state index in [1.54, 1.807) is 0 Å². The van der Waals surface area contributed by atoms with Crippen LogP contribution in [0.15, 0.2) is 0 Å². The fourth-order valence-electron chi connectivity index (χ4n) is 1.67. The fourth-order valence-corrected chi connectivity index (χ4v) is 8.08. The van der Waals surface area contributed by atoms with E-state index in [-0.39, 0.29) is 0 Å². The molecule has 0 aromatic rings. The van der Waals surface area contributed by atoms with Gasteiger partial charge in [-0.15, -0.1) is 0 Å². The fraction of sp³-hybridized carbons (Fsp3) is 1.00. The van der Waals surface area contributed by atoms with E-state index in [9.17, 15) is 0 Å². The molecule has 0 aromatic carbocycles. The molecule has 0 atom stereocenters. The second kappa shape index (κ2) is 5.59.